The average molecular weight is 454 g/mol. The molecule has 0 radical (unpaired) electrons. The van der Waals surface area contributed by atoms with E-state index in [1.807, 2.05) is 49.4 Å². The average Bonchev–Trinajstić information content (AvgIpc) is 3.32. The van der Waals surface area contributed by atoms with Crippen molar-refractivity contribution in [1.29, 1.82) is 0 Å². The van der Waals surface area contributed by atoms with Gasteiger partial charge in [-0.05, 0) is 43.3 Å². The summed E-state index contributed by atoms with van der Waals surface area (Å²) in [6.07, 6.45) is 0. The number of carbonyl (C=O) groups is 1. The third kappa shape index (κ3) is 3.59. The van der Waals surface area contributed by atoms with E-state index < -0.39 is 5.69 Å². The molecule has 0 unspecified atom stereocenters. The zero-order chi connectivity index (χ0) is 23.8. The minimum atomic E-state index is -0.436. The Morgan fingerprint density at radius 1 is 0.941 bits per heavy atom. The van der Waals surface area contributed by atoms with Gasteiger partial charge in [-0.3, -0.25) is 9.36 Å². The number of fused-ring (bicyclic) bond motifs is 3. The van der Waals surface area contributed by atoms with E-state index in [9.17, 15) is 9.59 Å². The number of nitrogens with zero attached hydrogens (tertiary/aromatic N) is 4. The van der Waals surface area contributed by atoms with Gasteiger partial charge in [0.05, 0.1) is 26.3 Å². The monoisotopic (exact) mass is 454 g/mol. The van der Waals surface area contributed by atoms with Crippen molar-refractivity contribution in [2.75, 3.05) is 14.2 Å². The van der Waals surface area contributed by atoms with Crippen LogP contribution in [0.2, 0.25) is 0 Å². The lowest BCUT2D eigenvalue weighted by atomic mass is 10.1. The molecule has 2 aromatic heterocycles. The maximum atomic E-state index is 13.5. The maximum absolute atomic E-state index is 13.5. The standard InChI is InChI=1S/C26H22N4O4/c1-16-7-6-8-18(13-16)24-27-25-19-9-4-5-10-20(19)29(26(32)30(25)28-24)15-21(31)17-11-12-22(33-2)23(14-17)34-3/h4-14H,15H2,1-3H3. The van der Waals surface area contributed by atoms with Gasteiger partial charge >= 0.3 is 5.69 Å². The summed E-state index contributed by atoms with van der Waals surface area (Å²) in [6.45, 7) is 1.83. The van der Waals surface area contributed by atoms with Gasteiger partial charge in [0.25, 0.3) is 0 Å². The lowest BCUT2D eigenvalue weighted by Crippen LogP contribution is -2.30. The highest BCUT2D eigenvalue weighted by atomic mass is 16.5. The summed E-state index contributed by atoms with van der Waals surface area (Å²) in [5.74, 6) is 1.18. The number of rotatable bonds is 6. The fraction of sp³-hybridized carbons (Fsp3) is 0.154. The van der Waals surface area contributed by atoms with Crippen LogP contribution in [0.1, 0.15) is 15.9 Å². The first-order valence-electron chi connectivity index (χ1n) is 10.7. The summed E-state index contributed by atoms with van der Waals surface area (Å²) in [7, 11) is 3.04. The third-order valence-corrected chi connectivity index (χ3v) is 5.74. The first-order valence-corrected chi connectivity index (χ1v) is 10.7. The smallest absolute Gasteiger partial charge is 0.351 e. The fourth-order valence-corrected chi connectivity index (χ4v) is 4.04. The number of aryl methyl sites for hydroxylation is 1. The van der Waals surface area contributed by atoms with E-state index in [0.717, 1.165) is 16.5 Å². The minimum absolute atomic E-state index is 0.162. The molecular weight excluding hydrogens is 432 g/mol. The molecule has 0 fully saturated rings. The number of ether oxygens (including phenoxy) is 2. The molecule has 0 N–H and O–H groups in total. The molecule has 0 bridgehead atoms. The second kappa shape index (κ2) is 8.47. The van der Waals surface area contributed by atoms with Crippen LogP contribution in [-0.2, 0) is 6.54 Å². The van der Waals surface area contributed by atoms with Crippen LogP contribution >= 0.6 is 0 Å². The predicted octanol–water partition coefficient (Wildman–Crippen LogP) is 3.92. The molecule has 0 amide bonds. The summed E-state index contributed by atoms with van der Waals surface area (Å²) >= 11 is 0. The van der Waals surface area contributed by atoms with Crippen LogP contribution in [0.5, 0.6) is 11.5 Å². The molecular formula is C26H22N4O4. The predicted molar refractivity (Wildman–Crippen MR) is 129 cm³/mol. The lowest BCUT2D eigenvalue weighted by Gasteiger charge is -2.12. The number of benzene rings is 3. The number of hydrogen-bond acceptors (Lipinski definition) is 6. The van der Waals surface area contributed by atoms with Crippen LogP contribution in [0, 0.1) is 6.92 Å². The van der Waals surface area contributed by atoms with E-state index in [-0.39, 0.29) is 12.3 Å². The zero-order valence-corrected chi connectivity index (χ0v) is 19.0. The summed E-state index contributed by atoms with van der Waals surface area (Å²) < 4.78 is 13.3. The van der Waals surface area contributed by atoms with Crippen molar-refractivity contribution in [1.82, 2.24) is 19.2 Å². The quantitative estimate of drug-likeness (QED) is 0.362. The van der Waals surface area contributed by atoms with E-state index in [2.05, 4.69) is 10.1 Å². The summed E-state index contributed by atoms with van der Waals surface area (Å²) in [5, 5.41) is 5.22. The van der Waals surface area contributed by atoms with Crippen molar-refractivity contribution < 1.29 is 14.3 Å². The Hall–Kier alpha value is -4.46. The van der Waals surface area contributed by atoms with E-state index in [4.69, 9.17) is 9.47 Å². The van der Waals surface area contributed by atoms with Crippen molar-refractivity contribution in [3.63, 3.8) is 0 Å². The number of ketones is 1. The van der Waals surface area contributed by atoms with E-state index in [1.165, 1.54) is 23.3 Å². The van der Waals surface area contributed by atoms with Gasteiger partial charge < -0.3 is 9.47 Å². The Morgan fingerprint density at radius 3 is 2.50 bits per heavy atom. The van der Waals surface area contributed by atoms with Gasteiger partial charge in [0.15, 0.2) is 28.8 Å². The maximum Gasteiger partial charge on any atom is 0.351 e. The number of methoxy groups -OCH3 is 2. The SMILES string of the molecule is COc1ccc(C(=O)Cn2c(=O)n3nc(-c4cccc(C)c4)nc3c3ccccc32)cc1OC. The number of carbonyl (C=O) groups excluding carboxylic acids is 1. The van der Waals surface area contributed by atoms with Crippen LogP contribution in [0.15, 0.2) is 71.5 Å². The van der Waals surface area contributed by atoms with Crippen LogP contribution in [0.3, 0.4) is 0 Å². The fourth-order valence-electron chi connectivity index (χ4n) is 4.04. The highest BCUT2D eigenvalue weighted by molar-refractivity contribution is 5.98. The second-order valence-corrected chi connectivity index (χ2v) is 7.92. The van der Waals surface area contributed by atoms with Gasteiger partial charge in [-0.2, -0.15) is 4.52 Å². The number of aromatic nitrogens is 4. The molecule has 3 aromatic carbocycles. The van der Waals surface area contributed by atoms with Crippen LogP contribution in [0.4, 0.5) is 0 Å². The first-order chi connectivity index (χ1) is 16.5. The molecule has 34 heavy (non-hydrogen) atoms. The number of Topliss-reactive ketones (excluding diaryl/α,β-unsaturated/α-hetero) is 1. The minimum Gasteiger partial charge on any atom is -0.493 e. The first kappa shape index (κ1) is 21.4. The molecule has 0 aliphatic carbocycles. The molecule has 0 atom stereocenters. The summed E-state index contributed by atoms with van der Waals surface area (Å²) in [4.78, 5) is 31.3. The molecule has 0 aliphatic rings. The molecule has 0 aliphatic heterocycles. The molecule has 0 saturated heterocycles. The highest BCUT2D eigenvalue weighted by Crippen LogP contribution is 2.28. The molecule has 8 heteroatoms. The summed E-state index contributed by atoms with van der Waals surface area (Å²) in [5.41, 5.74) is 2.92. The molecule has 170 valence electrons. The van der Waals surface area contributed by atoms with Crippen LogP contribution in [-0.4, -0.2) is 39.2 Å². The third-order valence-electron chi connectivity index (χ3n) is 5.74. The molecule has 5 rings (SSSR count). The van der Waals surface area contributed by atoms with Crippen LogP contribution in [0.25, 0.3) is 27.9 Å². The van der Waals surface area contributed by atoms with Gasteiger partial charge in [-0.1, -0.05) is 35.9 Å². The molecule has 2 heterocycles. The van der Waals surface area contributed by atoms with E-state index >= 15 is 0 Å². The summed E-state index contributed by atoms with van der Waals surface area (Å²) in [6, 6.07) is 20.1. The van der Waals surface area contributed by atoms with Gasteiger partial charge in [-0.15, -0.1) is 5.10 Å². The van der Waals surface area contributed by atoms with Crippen molar-refractivity contribution in [3.8, 4) is 22.9 Å². The molecule has 8 nitrogen and oxygen atoms in total. The Kier molecular flexibility index (Phi) is 5.33. The number of para-hydroxylation sites is 1. The molecule has 5 aromatic rings. The van der Waals surface area contributed by atoms with Crippen molar-refractivity contribution >= 4 is 22.3 Å². The Bertz CT molecular complexity index is 1620. The largest absolute Gasteiger partial charge is 0.493 e. The molecule has 0 saturated carbocycles. The van der Waals surface area contributed by atoms with Crippen molar-refractivity contribution in [3.05, 3.63) is 88.3 Å². The Morgan fingerprint density at radius 2 is 1.74 bits per heavy atom. The topological polar surface area (TPSA) is 87.7 Å². The van der Waals surface area contributed by atoms with Gasteiger partial charge in [0.1, 0.15) is 0 Å². The zero-order valence-electron chi connectivity index (χ0n) is 19.0. The normalized spacial score (nSPS) is 11.1. The highest BCUT2D eigenvalue weighted by Gasteiger charge is 2.19. The molecule has 0 spiro atoms. The lowest BCUT2D eigenvalue weighted by molar-refractivity contribution is 0.0971. The van der Waals surface area contributed by atoms with E-state index in [1.54, 1.807) is 24.3 Å². The van der Waals surface area contributed by atoms with Gasteiger partial charge in [0.2, 0.25) is 0 Å². The second-order valence-electron chi connectivity index (χ2n) is 7.92. The Balaban J connectivity index is 1.64. The van der Waals surface area contributed by atoms with Gasteiger partial charge in [0, 0.05) is 16.5 Å². The number of hydrogen-bond donors (Lipinski definition) is 0. The van der Waals surface area contributed by atoms with Gasteiger partial charge in [-0.25, -0.2) is 9.78 Å². The van der Waals surface area contributed by atoms with Crippen molar-refractivity contribution in [2.24, 2.45) is 0 Å². The Labute approximate surface area is 195 Å². The van der Waals surface area contributed by atoms with E-state index in [0.29, 0.717) is 34.1 Å². The van der Waals surface area contributed by atoms with Crippen molar-refractivity contribution in [2.45, 2.75) is 13.5 Å². The van der Waals surface area contributed by atoms with Crippen LogP contribution < -0.4 is 15.2 Å².